The molecule has 0 aromatic heterocycles. The van der Waals surface area contributed by atoms with Gasteiger partial charge < -0.3 is 14.8 Å². The zero-order chi connectivity index (χ0) is 19.3. The summed E-state index contributed by atoms with van der Waals surface area (Å²) in [5.41, 5.74) is 2.05. The van der Waals surface area contributed by atoms with Crippen molar-refractivity contribution in [1.29, 1.82) is 0 Å². The number of halogens is 2. The number of carbonyl (C=O) groups excluding carboxylic acids is 2. The van der Waals surface area contributed by atoms with Gasteiger partial charge >= 0.3 is 5.97 Å². The molecule has 2 aromatic carbocycles. The van der Waals surface area contributed by atoms with Crippen molar-refractivity contribution in [3.05, 3.63) is 57.6 Å². The average Bonchev–Trinajstić information content (AvgIpc) is 2.58. The predicted molar refractivity (Wildman–Crippen MR) is 102 cm³/mol. The maximum absolute atomic E-state index is 12.2. The van der Waals surface area contributed by atoms with E-state index >= 15 is 0 Å². The minimum Gasteiger partial charge on any atom is -0.496 e. The first-order chi connectivity index (χ1) is 12.3. The summed E-state index contributed by atoms with van der Waals surface area (Å²) >= 11 is 11.9. The Hall–Kier alpha value is -2.24. The molecule has 2 aromatic rings. The van der Waals surface area contributed by atoms with Crippen molar-refractivity contribution in [2.24, 2.45) is 0 Å². The molecule has 0 fully saturated rings. The van der Waals surface area contributed by atoms with Crippen LogP contribution in [0, 0.1) is 6.92 Å². The largest absolute Gasteiger partial charge is 0.496 e. The molecule has 0 aliphatic heterocycles. The van der Waals surface area contributed by atoms with Crippen molar-refractivity contribution >= 4 is 40.8 Å². The van der Waals surface area contributed by atoms with Gasteiger partial charge in [0.1, 0.15) is 5.75 Å². The number of hydrogen-bond acceptors (Lipinski definition) is 4. The van der Waals surface area contributed by atoms with Gasteiger partial charge in [-0.25, -0.2) is 0 Å². The van der Waals surface area contributed by atoms with Crippen molar-refractivity contribution in [1.82, 2.24) is 0 Å². The molecule has 0 spiro atoms. The first-order valence-corrected chi connectivity index (χ1v) is 8.64. The summed E-state index contributed by atoms with van der Waals surface area (Å²) in [6.07, 6.45) is -0.992. The Balaban J connectivity index is 1.99. The molecule has 0 radical (unpaired) electrons. The van der Waals surface area contributed by atoms with Gasteiger partial charge in [0, 0.05) is 10.6 Å². The van der Waals surface area contributed by atoms with Gasteiger partial charge in [-0.15, -0.1) is 0 Å². The molecule has 5 nitrogen and oxygen atoms in total. The fourth-order valence-corrected chi connectivity index (χ4v) is 2.66. The molecule has 0 aliphatic carbocycles. The lowest BCUT2D eigenvalue weighted by molar-refractivity contribution is -0.152. The fraction of sp³-hybridized carbons (Fsp3) is 0.263. The van der Waals surface area contributed by atoms with E-state index in [9.17, 15) is 9.59 Å². The van der Waals surface area contributed by atoms with Crippen LogP contribution < -0.4 is 10.1 Å². The second-order valence-corrected chi connectivity index (χ2v) is 6.58. The number of carbonyl (C=O) groups is 2. The molecular weight excluding hydrogens is 377 g/mol. The van der Waals surface area contributed by atoms with Gasteiger partial charge in [-0.1, -0.05) is 40.9 Å². The Morgan fingerprint density at radius 2 is 1.88 bits per heavy atom. The standard InChI is InChI=1S/C19H19Cl2NO4/c1-11-4-7-17(25-3)13(8-11)9-18(23)26-12(2)19(24)22-16-10-14(20)5-6-15(16)21/h4-8,10,12H,9H2,1-3H3,(H,22,24)/t12-/m1/s1. The Morgan fingerprint density at radius 1 is 1.15 bits per heavy atom. The number of benzene rings is 2. The van der Waals surface area contributed by atoms with Crippen molar-refractivity contribution in [3.63, 3.8) is 0 Å². The van der Waals surface area contributed by atoms with Gasteiger partial charge in [0.05, 0.1) is 24.2 Å². The minimum atomic E-state index is -0.992. The van der Waals surface area contributed by atoms with Gasteiger partial charge in [0.25, 0.3) is 5.91 Å². The third-order valence-electron chi connectivity index (χ3n) is 3.63. The summed E-state index contributed by atoms with van der Waals surface area (Å²) in [6.45, 7) is 3.40. The van der Waals surface area contributed by atoms with Crippen LogP contribution in [0.25, 0.3) is 0 Å². The van der Waals surface area contributed by atoms with Crippen LogP contribution in [-0.4, -0.2) is 25.1 Å². The third kappa shape index (κ3) is 5.38. The van der Waals surface area contributed by atoms with Crippen LogP contribution in [0.15, 0.2) is 36.4 Å². The van der Waals surface area contributed by atoms with Gasteiger partial charge in [0.2, 0.25) is 0 Å². The number of nitrogens with one attached hydrogen (secondary N) is 1. The van der Waals surface area contributed by atoms with E-state index in [1.54, 1.807) is 18.2 Å². The molecule has 0 unspecified atom stereocenters. The van der Waals surface area contributed by atoms with Crippen LogP contribution in [0.5, 0.6) is 5.75 Å². The first-order valence-electron chi connectivity index (χ1n) is 7.89. The van der Waals surface area contributed by atoms with Crippen molar-refractivity contribution in [3.8, 4) is 5.75 Å². The molecule has 0 bridgehead atoms. The Morgan fingerprint density at radius 3 is 2.58 bits per heavy atom. The second-order valence-electron chi connectivity index (χ2n) is 5.74. The molecule has 0 aliphatic rings. The van der Waals surface area contributed by atoms with Crippen LogP contribution in [0.1, 0.15) is 18.1 Å². The lowest BCUT2D eigenvalue weighted by Gasteiger charge is -2.15. The number of methoxy groups -OCH3 is 1. The molecule has 1 amide bonds. The highest BCUT2D eigenvalue weighted by Gasteiger charge is 2.20. The molecule has 0 saturated carbocycles. The van der Waals surface area contributed by atoms with Crippen LogP contribution in [-0.2, 0) is 20.7 Å². The molecule has 7 heteroatoms. The maximum atomic E-state index is 12.2. The Kier molecular flexibility index (Phi) is 6.89. The molecule has 0 saturated heterocycles. The van der Waals surface area contributed by atoms with E-state index in [0.717, 1.165) is 5.56 Å². The highest BCUT2D eigenvalue weighted by Crippen LogP contribution is 2.26. The lowest BCUT2D eigenvalue weighted by atomic mass is 10.1. The normalized spacial score (nSPS) is 11.6. The quantitative estimate of drug-likeness (QED) is 0.734. The van der Waals surface area contributed by atoms with Crippen molar-refractivity contribution in [2.45, 2.75) is 26.4 Å². The topological polar surface area (TPSA) is 64.6 Å². The third-order valence-corrected chi connectivity index (χ3v) is 4.20. The molecule has 1 atom stereocenters. The average molecular weight is 396 g/mol. The van der Waals surface area contributed by atoms with Crippen molar-refractivity contribution in [2.75, 3.05) is 12.4 Å². The number of hydrogen-bond donors (Lipinski definition) is 1. The highest BCUT2D eigenvalue weighted by atomic mass is 35.5. The molecule has 1 N–H and O–H groups in total. The summed E-state index contributed by atoms with van der Waals surface area (Å²) in [7, 11) is 1.53. The van der Waals surface area contributed by atoms with Gasteiger partial charge in [-0.2, -0.15) is 0 Å². The Labute approximate surface area is 162 Å². The van der Waals surface area contributed by atoms with E-state index in [1.165, 1.54) is 20.1 Å². The number of rotatable bonds is 6. The first kappa shape index (κ1) is 20.1. The van der Waals surface area contributed by atoms with E-state index in [0.29, 0.717) is 27.0 Å². The minimum absolute atomic E-state index is 0.000392. The summed E-state index contributed by atoms with van der Waals surface area (Å²) in [5, 5.41) is 3.36. The number of amides is 1. The van der Waals surface area contributed by atoms with Gasteiger partial charge in [-0.05, 0) is 38.1 Å². The highest BCUT2D eigenvalue weighted by molar-refractivity contribution is 6.35. The van der Waals surface area contributed by atoms with Gasteiger partial charge in [-0.3, -0.25) is 9.59 Å². The summed E-state index contributed by atoms with van der Waals surface area (Å²) in [6, 6.07) is 10.2. The van der Waals surface area contributed by atoms with Crippen molar-refractivity contribution < 1.29 is 19.1 Å². The van der Waals surface area contributed by atoms with E-state index in [4.69, 9.17) is 32.7 Å². The van der Waals surface area contributed by atoms with E-state index in [2.05, 4.69) is 5.32 Å². The lowest BCUT2D eigenvalue weighted by Crippen LogP contribution is -2.30. The number of ether oxygens (including phenoxy) is 2. The summed E-state index contributed by atoms with van der Waals surface area (Å²) in [5.74, 6) is -0.442. The monoisotopic (exact) mass is 395 g/mol. The van der Waals surface area contributed by atoms with Gasteiger partial charge in [0.15, 0.2) is 6.10 Å². The fourth-order valence-electron chi connectivity index (χ4n) is 2.32. The predicted octanol–water partition coefficient (Wildman–Crippen LogP) is 4.42. The van der Waals surface area contributed by atoms with E-state index in [-0.39, 0.29) is 6.42 Å². The zero-order valence-corrected chi connectivity index (χ0v) is 16.1. The Bertz CT molecular complexity index is 823. The van der Waals surface area contributed by atoms with Crippen LogP contribution in [0.4, 0.5) is 5.69 Å². The molecular formula is C19H19Cl2NO4. The number of aryl methyl sites for hydroxylation is 1. The molecule has 26 heavy (non-hydrogen) atoms. The maximum Gasteiger partial charge on any atom is 0.311 e. The summed E-state index contributed by atoms with van der Waals surface area (Å²) < 4.78 is 10.5. The smallest absolute Gasteiger partial charge is 0.311 e. The van der Waals surface area contributed by atoms with Crippen LogP contribution in [0.3, 0.4) is 0 Å². The number of anilines is 1. The van der Waals surface area contributed by atoms with E-state index < -0.39 is 18.0 Å². The molecule has 0 heterocycles. The van der Waals surface area contributed by atoms with E-state index in [1.807, 2.05) is 19.1 Å². The molecule has 2 rings (SSSR count). The van der Waals surface area contributed by atoms with Crippen LogP contribution in [0.2, 0.25) is 10.0 Å². The molecule has 138 valence electrons. The summed E-state index contributed by atoms with van der Waals surface area (Å²) in [4.78, 5) is 24.4. The number of esters is 1. The zero-order valence-electron chi connectivity index (χ0n) is 14.6. The second kappa shape index (κ2) is 8.92. The SMILES string of the molecule is COc1ccc(C)cc1CC(=O)O[C@H](C)C(=O)Nc1cc(Cl)ccc1Cl. The van der Waals surface area contributed by atoms with Crippen LogP contribution >= 0.6 is 23.2 Å².